The first-order valence-electron chi connectivity index (χ1n) is 5.10. The predicted octanol–water partition coefficient (Wildman–Crippen LogP) is 0.977. The van der Waals surface area contributed by atoms with E-state index in [1.807, 2.05) is 5.10 Å². The van der Waals surface area contributed by atoms with Crippen molar-refractivity contribution in [2.75, 3.05) is 0 Å². The Kier molecular flexibility index (Phi) is 2.84. The number of alkyl halides is 3. The molecule has 0 amide bonds. The molecule has 102 valence electrons. The van der Waals surface area contributed by atoms with Crippen LogP contribution in [0.4, 0.5) is 13.2 Å². The minimum Gasteiger partial charge on any atom is -0.481 e. The average Bonchev–Trinajstić information content (AvgIpc) is 2.67. The highest BCUT2D eigenvalue weighted by Crippen LogP contribution is 2.28. The van der Waals surface area contributed by atoms with Crippen LogP contribution in [-0.2, 0) is 17.4 Å². The Hall–Kier alpha value is -2.32. The fourth-order valence-corrected chi connectivity index (χ4v) is 1.67. The summed E-state index contributed by atoms with van der Waals surface area (Å²) in [5, 5.41) is 10.5. The van der Waals surface area contributed by atoms with Crippen LogP contribution in [0.3, 0.4) is 0 Å². The summed E-state index contributed by atoms with van der Waals surface area (Å²) in [7, 11) is 0. The second kappa shape index (κ2) is 4.11. The minimum atomic E-state index is -4.64. The lowest BCUT2D eigenvalue weighted by Gasteiger charge is -2.02. The summed E-state index contributed by atoms with van der Waals surface area (Å²) in [6.07, 6.45) is -5.23. The van der Waals surface area contributed by atoms with Crippen molar-refractivity contribution < 1.29 is 23.1 Å². The van der Waals surface area contributed by atoms with E-state index in [9.17, 15) is 22.8 Å². The number of H-pyrrole nitrogens is 1. The molecule has 0 aliphatic carbocycles. The average molecular weight is 275 g/mol. The van der Waals surface area contributed by atoms with Crippen molar-refractivity contribution in [1.29, 1.82) is 0 Å². The third-order valence-corrected chi connectivity index (χ3v) is 2.55. The molecule has 2 aromatic heterocycles. The van der Waals surface area contributed by atoms with E-state index in [0.29, 0.717) is 10.6 Å². The summed E-state index contributed by atoms with van der Waals surface area (Å²) in [5.41, 5.74) is -2.23. The second-order valence-corrected chi connectivity index (χ2v) is 3.91. The maximum Gasteiger partial charge on any atom is 0.432 e. The van der Waals surface area contributed by atoms with Crippen LogP contribution < -0.4 is 5.56 Å². The van der Waals surface area contributed by atoms with Gasteiger partial charge in [-0.15, -0.1) is 0 Å². The molecule has 0 aliphatic rings. The molecule has 0 aromatic carbocycles. The molecule has 19 heavy (non-hydrogen) atoms. The van der Waals surface area contributed by atoms with Gasteiger partial charge in [0.15, 0.2) is 5.65 Å². The minimum absolute atomic E-state index is 0.0973. The highest BCUT2D eigenvalue weighted by molar-refractivity contribution is 5.70. The highest BCUT2D eigenvalue weighted by atomic mass is 19.4. The molecule has 2 heterocycles. The molecule has 0 unspecified atom stereocenters. The molecule has 0 spiro atoms. The van der Waals surface area contributed by atoms with Gasteiger partial charge < -0.3 is 5.11 Å². The van der Waals surface area contributed by atoms with E-state index >= 15 is 0 Å². The van der Waals surface area contributed by atoms with E-state index in [1.165, 1.54) is 6.92 Å². The molecular formula is C10H8F3N3O3. The van der Waals surface area contributed by atoms with Crippen molar-refractivity contribution in [1.82, 2.24) is 14.6 Å². The number of aryl methyl sites for hydroxylation is 1. The van der Waals surface area contributed by atoms with E-state index in [1.54, 1.807) is 0 Å². The summed E-state index contributed by atoms with van der Waals surface area (Å²) in [6, 6.07) is 0.693. The molecule has 9 heteroatoms. The lowest BCUT2D eigenvalue weighted by molar-refractivity contribution is -0.141. The molecule has 0 fully saturated rings. The van der Waals surface area contributed by atoms with Crippen LogP contribution in [-0.4, -0.2) is 25.7 Å². The Morgan fingerprint density at radius 1 is 1.53 bits per heavy atom. The summed E-state index contributed by atoms with van der Waals surface area (Å²) in [4.78, 5) is 26.3. The third-order valence-electron chi connectivity index (χ3n) is 2.55. The number of carboxylic acid groups (broad SMARTS) is 1. The van der Waals surface area contributed by atoms with Crippen LogP contribution in [0.2, 0.25) is 0 Å². The lowest BCUT2D eigenvalue weighted by Crippen LogP contribution is -2.24. The van der Waals surface area contributed by atoms with Crippen LogP contribution in [0.15, 0.2) is 10.9 Å². The van der Waals surface area contributed by atoms with Gasteiger partial charge in [-0.2, -0.15) is 13.2 Å². The van der Waals surface area contributed by atoms with Crippen LogP contribution in [0.5, 0.6) is 0 Å². The Balaban J connectivity index is 2.71. The monoisotopic (exact) mass is 275 g/mol. The van der Waals surface area contributed by atoms with Crippen molar-refractivity contribution in [3.8, 4) is 0 Å². The molecule has 0 saturated heterocycles. The fourth-order valence-electron chi connectivity index (χ4n) is 1.67. The number of aromatic amines is 1. The normalized spacial score (nSPS) is 12.0. The molecule has 0 atom stereocenters. The number of rotatable bonds is 2. The number of hydrogen-bond acceptors (Lipinski definition) is 3. The Labute approximate surface area is 103 Å². The zero-order valence-corrected chi connectivity index (χ0v) is 9.58. The molecule has 0 radical (unpaired) electrons. The van der Waals surface area contributed by atoms with Gasteiger partial charge in [0.25, 0.3) is 5.56 Å². The first-order valence-corrected chi connectivity index (χ1v) is 5.10. The maximum absolute atomic E-state index is 12.5. The van der Waals surface area contributed by atoms with E-state index in [-0.39, 0.29) is 16.9 Å². The predicted molar refractivity (Wildman–Crippen MR) is 56.9 cm³/mol. The smallest absolute Gasteiger partial charge is 0.432 e. The third kappa shape index (κ3) is 2.30. The number of aromatic nitrogens is 3. The van der Waals surface area contributed by atoms with Gasteiger partial charge in [-0.05, 0) is 6.92 Å². The van der Waals surface area contributed by atoms with E-state index in [2.05, 4.69) is 4.98 Å². The van der Waals surface area contributed by atoms with Crippen molar-refractivity contribution in [2.24, 2.45) is 0 Å². The summed E-state index contributed by atoms with van der Waals surface area (Å²) in [5.74, 6) is -1.26. The van der Waals surface area contributed by atoms with E-state index in [4.69, 9.17) is 5.11 Å². The standard InChI is InChI=1S/C10H8F3N3O3/c1-4-5(2-8(17)18)9(19)16-7(14-4)3-6(15-16)10(11,12)13/h3,15H,2H2,1H3,(H,17,18). The highest BCUT2D eigenvalue weighted by Gasteiger charge is 2.33. The Bertz CT molecular complexity index is 714. The van der Waals surface area contributed by atoms with Gasteiger partial charge in [0.2, 0.25) is 0 Å². The van der Waals surface area contributed by atoms with Crippen LogP contribution in [0.25, 0.3) is 5.65 Å². The largest absolute Gasteiger partial charge is 0.481 e. The molecule has 2 rings (SSSR count). The van der Waals surface area contributed by atoms with Crippen LogP contribution in [0.1, 0.15) is 17.0 Å². The molecule has 2 N–H and O–H groups in total. The molecule has 0 bridgehead atoms. The summed E-state index contributed by atoms with van der Waals surface area (Å²) in [6.45, 7) is 1.37. The number of nitrogens with one attached hydrogen (secondary N) is 1. The Morgan fingerprint density at radius 2 is 2.16 bits per heavy atom. The van der Waals surface area contributed by atoms with Crippen molar-refractivity contribution in [3.63, 3.8) is 0 Å². The van der Waals surface area contributed by atoms with Gasteiger partial charge in [0.05, 0.1) is 12.0 Å². The topological polar surface area (TPSA) is 87.5 Å². The zero-order chi connectivity index (χ0) is 14.4. The van der Waals surface area contributed by atoms with Crippen LogP contribution in [0, 0.1) is 6.92 Å². The van der Waals surface area contributed by atoms with Gasteiger partial charge >= 0.3 is 12.1 Å². The zero-order valence-electron chi connectivity index (χ0n) is 9.58. The maximum atomic E-state index is 12.5. The van der Waals surface area contributed by atoms with E-state index in [0.717, 1.165) is 0 Å². The molecule has 2 aromatic rings. The number of nitrogens with zero attached hydrogens (tertiary/aromatic N) is 2. The SMILES string of the molecule is Cc1nc2cc(C(F)(F)F)[nH]n2c(=O)c1CC(=O)O. The number of aliphatic carboxylic acids is 1. The fraction of sp³-hybridized carbons (Fsp3) is 0.300. The number of carboxylic acids is 1. The second-order valence-electron chi connectivity index (χ2n) is 3.91. The van der Waals surface area contributed by atoms with E-state index < -0.39 is 29.8 Å². The number of fused-ring (bicyclic) bond motifs is 1. The van der Waals surface area contributed by atoms with Crippen molar-refractivity contribution in [2.45, 2.75) is 19.5 Å². The van der Waals surface area contributed by atoms with Crippen molar-refractivity contribution in [3.05, 3.63) is 33.4 Å². The number of hydrogen-bond donors (Lipinski definition) is 2. The van der Waals surface area contributed by atoms with Gasteiger partial charge in [-0.1, -0.05) is 0 Å². The first-order chi connectivity index (χ1) is 8.70. The molecular weight excluding hydrogens is 267 g/mol. The molecule has 0 aliphatic heterocycles. The number of halogens is 3. The van der Waals surface area contributed by atoms with Gasteiger partial charge in [-0.3, -0.25) is 14.7 Å². The summed E-state index contributed by atoms with van der Waals surface area (Å²) < 4.78 is 38.1. The van der Waals surface area contributed by atoms with Gasteiger partial charge in [0, 0.05) is 11.8 Å². The Morgan fingerprint density at radius 3 is 2.68 bits per heavy atom. The first kappa shape index (κ1) is 13.1. The number of carbonyl (C=O) groups is 1. The summed E-state index contributed by atoms with van der Waals surface area (Å²) >= 11 is 0. The van der Waals surface area contributed by atoms with Crippen molar-refractivity contribution >= 4 is 11.6 Å². The molecule has 0 saturated carbocycles. The quantitative estimate of drug-likeness (QED) is 0.855. The van der Waals surface area contributed by atoms with Crippen LogP contribution >= 0.6 is 0 Å². The van der Waals surface area contributed by atoms with Gasteiger partial charge in [-0.25, -0.2) is 9.50 Å². The van der Waals surface area contributed by atoms with Gasteiger partial charge in [0.1, 0.15) is 5.69 Å². The lowest BCUT2D eigenvalue weighted by atomic mass is 10.2. The molecule has 6 nitrogen and oxygen atoms in total.